The topological polar surface area (TPSA) is 69.0 Å². The molecular formula is C24H23FN4O2S. The SMILES string of the molecule is Cc1cc(C)c(C)c(OCc2csc(C(=O)Nc3ncn(Cc4cccc(F)c4)n3)c2)c1. The number of aryl methyl sites for hydroxylation is 2. The van der Waals surface area contributed by atoms with Crippen LogP contribution in [0.5, 0.6) is 5.75 Å². The average molecular weight is 451 g/mol. The zero-order chi connectivity index (χ0) is 22.7. The number of carbonyl (C=O) groups excluding carboxylic acids is 1. The molecule has 1 N–H and O–H groups in total. The van der Waals surface area contributed by atoms with E-state index in [4.69, 9.17) is 4.74 Å². The number of anilines is 1. The molecule has 0 atom stereocenters. The van der Waals surface area contributed by atoms with E-state index in [2.05, 4.69) is 28.4 Å². The van der Waals surface area contributed by atoms with Gasteiger partial charge in [-0.1, -0.05) is 18.2 Å². The maximum atomic E-state index is 13.3. The molecule has 4 aromatic rings. The molecule has 1 amide bonds. The van der Waals surface area contributed by atoms with Crippen molar-refractivity contribution in [1.29, 1.82) is 0 Å². The fraction of sp³-hybridized carbons (Fsp3) is 0.208. The van der Waals surface area contributed by atoms with Crippen molar-refractivity contribution in [2.24, 2.45) is 0 Å². The Morgan fingerprint density at radius 2 is 2.00 bits per heavy atom. The van der Waals surface area contributed by atoms with Gasteiger partial charge in [-0.3, -0.25) is 10.1 Å². The first-order valence-electron chi connectivity index (χ1n) is 10.1. The fourth-order valence-corrected chi connectivity index (χ4v) is 4.09. The predicted octanol–water partition coefficient (Wildman–Crippen LogP) is 5.28. The number of benzene rings is 2. The van der Waals surface area contributed by atoms with Crippen molar-refractivity contribution in [2.75, 3.05) is 5.32 Å². The van der Waals surface area contributed by atoms with Crippen LogP contribution < -0.4 is 10.1 Å². The third kappa shape index (κ3) is 5.20. The van der Waals surface area contributed by atoms with E-state index in [-0.39, 0.29) is 17.7 Å². The van der Waals surface area contributed by atoms with Gasteiger partial charge in [-0.25, -0.2) is 14.1 Å². The maximum absolute atomic E-state index is 13.3. The Bertz CT molecular complexity index is 1260. The number of hydrogen-bond acceptors (Lipinski definition) is 5. The summed E-state index contributed by atoms with van der Waals surface area (Å²) >= 11 is 1.34. The normalized spacial score (nSPS) is 10.9. The molecule has 6 nitrogen and oxygen atoms in total. The number of thiophene rings is 1. The molecule has 0 aliphatic rings. The van der Waals surface area contributed by atoms with Gasteiger partial charge in [-0.05, 0) is 72.7 Å². The second kappa shape index (κ2) is 9.32. The molecule has 0 unspecified atom stereocenters. The molecule has 4 rings (SSSR count). The van der Waals surface area contributed by atoms with E-state index in [9.17, 15) is 9.18 Å². The molecule has 164 valence electrons. The summed E-state index contributed by atoms with van der Waals surface area (Å²) in [5, 5.41) is 8.85. The lowest BCUT2D eigenvalue weighted by Crippen LogP contribution is -2.12. The van der Waals surface area contributed by atoms with Crippen LogP contribution in [0.25, 0.3) is 0 Å². The van der Waals surface area contributed by atoms with Gasteiger partial charge in [0.2, 0.25) is 5.95 Å². The Morgan fingerprint density at radius 1 is 1.16 bits per heavy atom. The Balaban J connectivity index is 1.36. The largest absolute Gasteiger partial charge is 0.489 e. The Labute approximate surface area is 189 Å². The van der Waals surface area contributed by atoms with Crippen molar-refractivity contribution < 1.29 is 13.9 Å². The van der Waals surface area contributed by atoms with Gasteiger partial charge < -0.3 is 4.74 Å². The fourth-order valence-electron chi connectivity index (χ4n) is 3.30. The number of amides is 1. The van der Waals surface area contributed by atoms with Crippen molar-refractivity contribution in [3.8, 4) is 5.75 Å². The van der Waals surface area contributed by atoms with Crippen LogP contribution in [0.1, 0.15) is 37.5 Å². The van der Waals surface area contributed by atoms with E-state index in [0.717, 1.165) is 28.0 Å². The predicted molar refractivity (Wildman–Crippen MR) is 123 cm³/mol. The van der Waals surface area contributed by atoms with Crippen LogP contribution in [-0.2, 0) is 13.2 Å². The van der Waals surface area contributed by atoms with Crippen LogP contribution >= 0.6 is 11.3 Å². The van der Waals surface area contributed by atoms with Gasteiger partial charge in [0.05, 0.1) is 11.4 Å². The first-order valence-corrected chi connectivity index (χ1v) is 11.0. The van der Waals surface area contributed by atoms with Crippen molar-refractivity contribution in [3.05, 3.63) is 92.7 Å². The smallest absolute Gasteiger partial charge is 0.268 e. The average Bonchev–Trinajstić information content (AvgIpc) is 3.39. The van der Waals surface area contributed by atoms with Crippen LogP contribution in [0.2, 0.25) is 0 Å². The van der Waals surface area contributed by atoms with Crippen LogP contribution in [-0.4, -0.2) is 20.7 Å². The first-order chi connectivity index (χ1) is 15.4. The van der Waals surface area contributed by atoms with Crippen molar-refractivity contribution in [2.45, 2.75) is 33.9 Å². The molecule has 0 bridgehead atoms. The third-order valence-corrected chi connectivity index (χ3v) is 6.01. The van der Waals surface area contributed by atoms with Gasteiger partial charge in [0, 0.05) is 5.56 Å². The number of halogens is 1. The van der Waals surface area contributed by atoms with Crippen molar-refractivity contribution in [1.82, 2.24) is 14.8 Å². The molecule has 2 aromatic carbocycles. The number of carbonyl (C=O) groups is 1. The van der Waals surface area contributed by atoms with E-state index >= 15 is 0 Å². The minimum absolute atomic E-state index is 0.198. The second-order valence-corrected chi connectivity index (χ2v) is 8.57. The molecule has 0 spiro atoms. The summed E-state index contributed by atoms with van der Waals surface area (Å²) in [6, 6.07) is 12.2. The molecule has 0 radical (unpaired) electrons. The van der Waals surface area contributed by atoms with Crippen molar-refractivity contribution in [3.63, 3.8) is 0 Å². The van der Waals surface area contributed by atoms with Crippen LogP contribution in [0.15, 0.2) is 54.2 Å². The molecule has 0 saturated heterocycles. The Kier molecular flexibility index (Phi) is 6.32. The van der Waals surface area contributed by atoms with Crippen molar-refractivity contribution >= 4 is 23.2 Å². The minimum atomic E-state index is -0.304. The number of nitrogens with zero attached hydrogens (tertiary/aromatic N) is 3. The van der Waals surface area contributed by atoms with Gasteiger partial charge in [-0.15, -0.1) is 16.4 Å². The van der Waals surface area contributed by atoms with E-state index in [0.29, 0.717) is 18.0 Å². The van der Waals surface area contributed by atoms with Gasteiger partial charge in [0.15, 0.2) is 0 Å². The van der Waals surface area contributed by atoms with Crippen LogP contribution in [0.4, 0.5) is 10.3 Å². The van der Waals surface area contributed by atoms with E-state index < -0.39 is 0 Å². The highest BCUT2D eigenvalue weighted by Crippen LogP contribution is 2.25. The van der Waals surface area contributed by atoms with Gasteiger partial charge >= 0.3 is 0 Å². The zero-order valence-electron chi connectivity index (χ0n) is 18.1. The lowest BCUT2D eigenvalue weighted by molar-refractivity contribution is 0.102. The molecule has 32 heavy (non-hydrogen) atoms. The molecule has 8 heteroatoms. The monoisotopic (exact) mass is 450 g/mol. The number of rotatable bonds is 7. The summed E-state index contributed by atoms with van der Waals surface area (Å²) in [4.78, 5) is 17.2. The number of hydrogen-bond donors (Lipinski definition) is 1. The highest BCUT2D eigenvalue weighted by atomic mass is 32.1. The summed E-state index contributed by atoms with van der Waals surface area (Å²) in [6.07, 6.45) is 1.50. The van der Waals surface area contributed by atoms with E-state index in [1.165, 1.54) is 35.4 Å². The Morgan fingerprint density at radius 3 is 2.81 bits per heavy atom. The third-order valence-electron chi connectivity index (χ3n) is 5.03. The zero-order valence-corrected chi connectivity index (χ0v) is 18.9. The highest BCUT2D eigenvalue weighted by Gasteiger charge is 2.13. The molecule has 0 saturated carbocycles. The maximum Gasteiger partial charge on any atom is 0.268 e. The number of ether oxygens (including phenoxy) is 1. The second-order valence-electron chi connectivity index (χ2n) is 7.66. The molecule has 2 aromatic heterocycles. The highest BCUT2D eigenvalue weighted by molar-refractivity contribution is 7.12. The molecule has 0 aliphatic heterocycles. The number of aromatic nitrogens is 3. The van der Waals surface area contributed by atoms with Gasteiger partial charge in [-0.2, -0.15) is 0 Å². The molecular weight excluding hydrogens is 427 g/mol. The summed E-state index contributed by atoms with van der Waals surface area (Å²) < 4.78 is 20.9. The van der Waals surface area contributed by atoms with E-state index in [1.54, 1.807) is 16.8 Å². The first kappa shape index (κ1) is 21.7. The Hall–Kier alpha value is -3.52. The van der Waals surface area contributed by atoms with Gasteiger partial charge in [0.25, 0.3) is 5.91 Å². The summed E-state index contributed by atoms with van der Waals surface area (Å²) in [6.45, 7) is 6.89. The summed E-state index contributed by atoms with van der Waals surface area (Å²) in [5.41, 5.74) is 5.13. The van der Waals surface area contributed by atoms with Crippen LogP contribution in [0.3, 0.4) is 0 Å². The number of nitrogens with one attached hydrogen (secondary N) is 1. The van der Waals surface area contributed by atoms with E-state index in [1.807, 2.05) is 31.4 Å². The standard InChI is InChI=1S/C24H23FN4O2S/c1-15-7-16(2)17(3)21(8-15)31-12-19-10-22(32-13-19)23(30)27-24-26-14-29(28-24)11-18-5-4-6-20(25)9-18/h4-10,13-14H,11-12H2,1-3H3,(H,27,28,30). The quantitative estimate of drug-likeness (QED) is 0.416. The minimum Gasteiger partial charge on any atom is -0.489 e. The molecule has 0 aliphatic carbocycles. The molecule has 0 fully saturated rings. The van der Waals surface area contributed by atoms with Crippen LogP contribution in [0, 0.1) is 26.6 Å². The summed E-state index contributed by atoms with van der Waals surface area (Å²) in [5.74, 6) is 0.463. The molecule has 2 heterocycles. The summed E-state index contributed by atoms with van der Waals surface area (Å²) in [7, 11) is 0. The lowest BCUT2D eigenvalue weighted by atomic mass is 10.1. The van der Waals surface area contributed by atoms with Gasteiger partial charge in [0.1, 0.15) is 24.5 Å². The lowest BCUT2D eigenvalue weighted by Gasteiger charge is -2.11.